The van der Waals surface area contributed by atoms with Crippen LogP contribution in [0.2, 0.25) is 0 Å². The monoisotopic (exact) mass is 571 g/mol. The van der Waals surface area contributed by atoms with Crippen LogP contribution >= 0.6 is 0 Å². The third-order valence-corrected chi connectivity index (χ3v) is 7.70. The van der Waals surface area contributed by atoms with Gasteiger partial charge in [-0.1, -0.05) is 36.4 Å². The van der Waals surface area contributed by atoms with E-state index in [1.807, 2.05) is 31.2 Å². The predicted molar refractivity (Wildman–Crippen MR) is 156 cm³/mol. The van der Waals surface area contributed by atoms with Gasteiger partial charge in [0.1, 0.15) is 18.1 Å². The van der Waals surface area contributed by atoms with Crippen molar-refractivity contribution in [1.82, 2.24) is 9.80 Å². The van der Waals surface area contributed by atoms with Crippen LogP contribution in [0.1, 0.15) is 34.7 Å². The number of ketones is 1. The van der Waals surface area contributed by atoms with E-state index in [2.05, 4.69) is 4.90 Å². The van der Waals surface area contributed by atoms with Crippen LogP contribution in [0.5, 0.6) is 5.75 Å². The highest BCUT2D eigenvalue weighted by Crippen LogP contribution is 2.40. The molecule has 10 nitrogen and oxygen atoms in total. The molecule has 1 unspecified atom stereocenters. The van der Waals surface area contributed by atoms with Crippen molar-refractivity contribution in [2.45, 2.75) is 26.0 Å². The number of aliphatic hydroxyl groups is 1. The number of morpholine rings is 1. The zero-order valence-corrected chi connectivity index (χ0v) is 23.4. The summed E-state index contributed by atoms with van der Waals surface area (Å²) in [5.74, 6) is -1.33. The smallest absolute Gasteiger partial charge is 0.295 e. The Morgan fingerprint density at radius 3 is 2.48 bits per heavy atom. The van der Waals surface area contributed by atoms with E-state index in [1.165, 1.54) is 23.1 Å². The molecule has 218 valence electrons. The average Bonchev–Trinajstić information content (AvgIpc) is 3.26. The number of likely N-dealkylation sites (tertiary alicyclic amines) is 1. The van der Waals surface area contributed by atoms with E-state index in [4.69, 9.17) is 9.47 Å². The molecule has 0 aliphatic carbocycles. The van der Waals surface area contributed by atoms with Gasteiger partial charge in [0.2, 0.25) is 0 Å². The number of hydrogen-bond donors (Lipinski definition) is 1. The third-order valence-electron chi connectivity index (χ3n) is 7.70. The molecule has 1 N–H and O–H groups in total. The molecular weight excluding hydrogens is 538 g/mol. The largest absolute Gasteiger partial charge is 0.507 e. The first-order valence-corrected chi connectivity index (χ1v) is 13.9. The van der Waals surface area contributed by atoms with Crippen molar-refractivity contribution in [3.8, 4) is 5.75 Å². The maximum Gasteiger partial charge on any atom is 0.295 e. The first-order chi connectivity index (χ1) is 20.3. The molecule has 2 aliphatic heterocycles. The second-order valence-electron chi connectivity index (χ2n) is 10.4. The molecular formula is C32H33N3O7. The fourth-order valence-electron chi connectivity index (χ4n) is 5.35. The molecule has 2 aliphatic rings. The molecule has 2 heterocycles. The first-order valence-electron chi connectivity index (χ1n) is 13.9. The number of hydrogen-bond acceptors (Lipinski definition) is 8. The number of nitrogens with zero attached hydrogens (tertiary/aromatic N) is 3. The highest BCUT2D eigenvalue weighted by Gasteiger charge is 2.46. The number of aliphatic hydroxyl groups excluding tert-OH is 1. The summed E-state index contributed by atoms with van der Waals surface area (Å²) in [6, 6.07) is 19.4. The van der Waals surface area contributed by atoms with Crippen molar-refractivity contribution < 1.29 is 29.1 Å². The fourth-order valence-corrected chi connectivity index (χ4v) is 5.35. The minimum absolute atomic E-state index is 0.0968. The van der Waals surface area contributed by atoms with Crippen molar-refractivity contribution in [3.63, 3.8) is 0 Å². The molecule has 0 bridgehead atoms. The highest BCUT2D eigenvalue weighted by molar-refractivity contribution is 6.46. The van der Waals surface area contributed by atoms with Gasteiger partial charge in [-0.15, -0.1) is 0 Å². The second kappa shape index (κ2) is 13.0. The Morgan fingerprint density at radius 1 is 1.02 bits per heavy atom. The number of ether oxygens (including phenoxy) is 2. The first kappa shape index (κ1) is 29.0. The molecule has 1 amide bonds. The van der Waals surface area contributed by atoms with Gasteiger partial charge in [0, 0.05) is 43.9 Å². The molecule has 42 heavy (non-hydrogen) atoms. The molecule has 2 fully saturated rings. The molecule has 3 aromatic rings. The van der Waals surface area contributed by atoms with Gasteiger partial charge in [-0.25, -0.2) is 0 Å². The maximum atomic E-state index is 13.4. The number of non-ortho nitro benzene ring substituents is 1. The lowest BCUT2D eigenvalue weighted by atomic mass is 9.95. The quantitative estimate of drug-likeness (QED) is 0.123. The van der Waals surface area contributed by atoms with Crippen molar-refractivity contribution in [1.29, 1.82) is 0 Å². The van der Waals surface area contributed by atoms with Crippen molar-refractivity contribution in [2.75, 3.05) is 39.4 Å². The van der Waals surface area contributed by atoms with E-state index in [9.17, 15) is 24.8 Å². The highest BCUT2D eigenvalue weighted by atomic mass is 16.6. The van der Waals surface area contributed by atoms with Crippen LogP contribution in [-0.4, -0.2) is 70.9 Å². The van der Waals surface area contributed by atoms with Gasteiger partial charge < -0.3 is 19.5 Å². The zero-order valence-electron chi connectivity index (χ0n) is 23.4. The Balaban J connectivity index is 1.42. The standard InChI is InChI=1S/C32H33N3O7/c1-22-6-2-3-7-25(22)21-42-27-12-10-23(11-13-27)30(36)28-29(24-8-4-9-26(20-24)35(39)40)34(32(38)31(28)37)15-5-14-33-16-18-41-19-17-33/h2-4,6-13,20,29,36H,5,14-19,21H2,1H3. The van der Waals surface area contributed by atoms with Crippen LogP contribution in [0.3, 0.4) is 0 Å². The van der Waals surface area contributed by atoms with E-state index in [0.29, 0.717) is 49.7 Å². The lowest BCUT2D eigenvalue weighted by Gasteiger charge is -2.29. The van der Waals surface area contributed by atoms with Crippen molar-refractivity contribution in [3.05, 3.63) is 111 Å². The van der Waals surface area contributed by atoms with Gasteiger partial charge in [-0.2, -0.15) is 0 Å². The fraction of sp³-hybridized carbons (Fsp3) is 0.312. The topological polar surface area (TPSA) is 122 Å². The average molecular weight is 572 g/mol. The van der Waals surface area contributed by atoms with E-state index < -0.39 is 22.7 Å². The van der Waals surface area contributed by atoms with Gasteiger partial charge in [0.15, 0.2) is 0 Å². The number of nitro benzene ring substituents is 1. The van der Waals surface area contributed by atoms with Crippen LogP contribution in [0.15, 0.2) is 78.4 Å². The lowest BCUT2D eigenvalue weighted by molar-refractivity contribution is -0.384. The summed E-state index contributed by atoms with van der Waals surface area (Å²) in [4.78, 5) is 41.3. The van der Waals surface area contributed by atoms with E-state index in [-0.39, 0.29) is 23.6 Å². The van der Waals surface area contributed by atoms with E-state index >= 15 is 0 Å². The van der Waals surface area contributed by atoms with Crippen LogP contribution < -0.4 is 4.74 Å². The summed E-state index contributed by atoms with van der Waals surface area (Å²) in [6.45, 7) is 6.21. The summed E-state index contributed by atoms with van der Waals surface area (Å²) < 4.78 is 11.3. The number of benzene rings is 3. The number of carbonyl (C=O) groups is 2. The number of aryl methyl sites for hydroxylation is 1. The summed E-state index contributed by atoms with van der Waals surface area (Å²) in [6.07, 6.45) is 0.589. The Labute approximate surface area is 243 Å². The summed E-state index contributed by atoms with van der Waals surface area (Å²) >= 11 is 0. The summed E-state index contributed by atoms with van der Waals surface area (Å²) in [5, 5.41) is 22.9. The minimum Gasteiger partial charge on any atom is -0.507 e. The number of Topliss-reactive ketones (excluding diaryl/α,β-unsaturated/α-hetero) is 1. The lowest BCUT2D eigenvalue weighted by Crippen LogP contribution is -2.39. The van der Waals surface area contributed by atoms with Gasteiger partial charge >= 0.3 is 0 Å². The van der Waals surface area contributed by atoms with Gasteiger partial charge in [-0.05, 0) is 54.3 Å². The van der Waals surface area contributed by atoms with E-state index in [1.54, 1.807) is 30.3 Å². The van der Waals surface area contributed by atoms with Crippen molar-refractivity contribution >= 4 is 23.1 Å². The SMILES string of the molecule is Cc1ccccc1COc1ccc(C(O)=C2C(=O)C(=O)N(CCCN3CCOCC3)C2c2cccc([N+](=O)[O-])c2)cc1. The molecule has 0 spiro atoms. The van der Waals surface area contributed by atoms with Gasteiger partial charge in [-0.3, -0.25) is 24.6 Å². The molecule has 3 aromatic carbocycles. The van der Waals surface area contributed by atoms with Gasteiger partial charge in [0.05, 0.1) is 29.8 Å². The molecule has 10 heteroatoms. The Hall–Kier alpha value is -4.54. The Bertz CT molecular complexity index is 1500. The molecule has 2 saturated heterocycles. The maximum absolute atomic E-state index is 13.4. The number of carbonyl (C=O) groups excluding carboxylic acids is 2. The molecule has 5 rings (SSSR count). The van der Waals surface area contributed by atoms with Gasteiger partial charge in [0.25, 0.3) is 17.4 Å². The molecule has 0 aromatic heterocycles. The zero-order chi connectivity index (χ0) is 29.6. The van der Waals surface area contributed by atoms with Crippen LogP contribution in [0.4, 0.5) is 5.69 Å². The van der Waals surface area contributed by atoms with E-state index in [0.717, 1.165) is 24.2 Å². The molecule has 0 radical (unpaired) electrons. The van der Waals surface area contributed by atoms with Crippen LogP contribution in [-0.2, 0) is 20.9 Å². The second-order valence-corrected chi connectivity index (χ2v) is 10.4. The third kappa shape index (κ3) is 6.35. The Morgan fingerprint density at radius 2 is 1.76 bits per heavy atom. The normalized spacial score (nSPS) is 18.8. The van der Waals surface area contributed by atoms with Crippen LogP contribution in [0, 0.1) is 17.0 Å². The summed E-state index contributed by atoms with van der Waals surface area (Å²) in [7, 11) is 0. The number of nitro groups is 1. The Kier molecular flexibility index (Phi) is 8.94. The molecule has 0 saturated carbocycles. The summed E-state index contributed by atoms with van der Waals surface area (Å²) in [5.41, 5.74) is 2.62. The number of amides is 1. The number of rotatable bonds is 10. The minimum atomic E-state index is -0.966. The van der Waals surface area contributed by atoms with Crippen molar-refractivity contribution in [2.24, 2.45) is 0 Å². The van der Waals surface area contributed by atoms with Crippen LogP contribution in [0.25, 0.3) is 5.76 Å². The molecule has 1 atom stereocenters. The predicted octanol–water partition coefficient (Wildman–Crippen LogP) is 4.63.